The van der Waals surface area contributed by atoms with Gasteiger partial charge in [-0.2, -0.15) is 0 Å². The van der Waals surface area contributed by atoms with E-state index < -0.39 is 17.3 Å². The number of amides is 2. The molecule has 0 aliphatic carbocycles. The largest absolute Gasteiger partial charge is 0.337 e. The summed E-state index contributed by atoms with van der Waals surface area (Å²) in [6.45, 7) is 1.65. The fourth-order valence-electron chi connectivity index (χ4n) is 3.41. The van der Waals surface area contributed by atoms with Crippen molar-refractivity contribution < 1.29 is 18.4 Å². The van der Waals surface area contributed by atoms with Crippen molar-refractivity contribution in [3.05, 3.63) is 100.0 Å². The summed E-state index contributed by atoms with van der Waals surface area (Å²) in [6, 6.07) is 13.7. The smallest absolute Gasteiger partial charge is 0.263 e. The summed E-state index contributed by atoms with van der Waals surface area (Å²) >= 11 is 0. The Balaban J connectivity index is 1.76. The van der Waals surface area contributed by atoms with Gasteiger partial charge in [-0.1, -0.05) is 19.1 Å². The zero-order valence-electron chi connectivity index (χ0n) is 17.7. The van der Waals surface area contributed by atoms with Gasteiger partial charge in [0.25, 0.3) is 11.5 Å². The lowest BCUT2D eigenvalue weighted by Gasteiger charge is -2.28. The van der Waals surface area contributed by atoms with Crippen LogP contribution in [0.25, 0.3) is 0 Å². The molecule has 0 aliphatic heterocycles. The van der Waals surface area contributed by atoms with Crippen molar-refractivity contribution in [2.24, 2.45) is 0 Å². The first-order valence-electron chi connectivity index (χ1n) is 10.1. The molecule has 2 aromatic carbocycles. The highest BCUT2D eigenvalue weighted by Crippen LogP contribution is 2.23. The third kappa shape index (κ3) is 5.26. The minimum absolute atomic E-state index is 0.141. The minimum Gasteiger partial charge on any atom is -0.337 e. The number of hydrogen-bond acceptors (Lipinski definition) is 3. The summed E-state index contributed by atoms with van der Waals surface area (Å²) < 4.78 is 27.4. The third-order valence-corrected chi connectivity index (χ3v) is 5.17. The number of halogens is 2. The Morgan fingerprint density at radius 1 is 1.00 bits per heavy atom. The van der Waals surface area contributed by atoms with Gasteiger partial charge < -0.3 is 14.8 Å². The molecule has 0 bridgehead atoms. The Morgan fingerprint density at radius 2 is 1.59 bits per heavy atom. The van der Waals surface area contributed by atoms with E-state index in [1.165, 1.54) is 59.6 Å². The van der Waals surface area contributed by atoms with Crippen LogP contribution in [0.2, 0.25) is 0 Å². The lowest BCUT2D eigenvalue weighted by molar-refractivity contribution is -0.132. The molecule has 8 heteroatoms. The quantitative estimate of drug-likeness (QED) is 0.605. The molecule has 166 valence electrons. The number of aromatic nitrogens is 1. The SMILES string of the molecule is CCC(c1ccc(F)cc1)N(C)C(=O)Cn1cccc(C(=O)Nc2ccc(F)cc2)c1=O. The molecule has 1 N–H and O–H groups in total. The topological polar surface area (TPSA) is 71.4 Å². The number of carbonyl (C=O) groups is 2. The fourth-order valence-corrected chi connectivity index (χ4v) is 3.41. The maximum Gasteiger partial charge on any atom is 0.263 e. The molecule has 32 heavy (non-hydrogen) atoms. The Kier molecular flexibility index (Phi) is 7.14. The molecule has 0 saturated heterocycles. The number of rotatable bonds is 7. The first-order chi connectivity index (χ1) is 15.3. The standard InChI is InChI=1S/C24H23F2N3O3/c1-3-21(16-6-8-17(25)9-7-16)28(2)22(30)15-29-14-4-5-20(24(29)32)23(31)27-19-12-10-18(26)11-13-19/h4-14,21H,3,15H2,1-2H3,(H,27,31). The van der Waals surface area contributed by atoms with Crippen LogP contribution >= 0.6 is 0 Å². The zero-order chi connectivity index (χ0) is 23.3. The molecule has 0 radical (unpaired) electrons. The number of pyridine rings is 1. The lowest BCUT2D eigenvalue weighted by Crippen LogP contribution is -2.37. The van der Waals surface area contributed by atoms with E-state index in [0.29, 0.717) is 12.1 Å². The van der Waals surface area contributed by atoms with Gasteiger partial charge in [-0.3, -0.25) is 14.4 Å². The molecular weight excluding hydrogens is 416 g/mol. The number of benzene rings is 2. The highest BCUT2D eigenvalue weighted by atomic mass is 19.1. The van der Waals surface area contributed by atoms with E-state index in [1.807, 2.05) is 6.92 Å². The number of nitrogens with zero attached hydrogens (tertiary/aromatic N) is 2. The Labute approximate surface area is 184 Å². The second-order valence-electron chi connectivity index (χ2n) is 7.30. The van der Waals surface area contributed by atoms with E-state index in [1.54, 1.807) is 19.2 Å². The van der Waals surface area contributed by atoms with Crippen molar-refractivity contribution in [1.29, 1.82) is 0 Å². The van der Waals surface area contributed by atoms with Gasteiger partial charge in [0.15, 0.2) is 0 Å². The maximum absolute atomic E-state index is 13.2. The van der Waals surface area contributed by atoms with Crippen molar-refractivity contribution in [2.75, 3.05) is 12.4 Å². The van der Waals surface area contributed by atoms with Crippen LogP contribution in [0.15, 0.2) is 71.7 Å². The summed E-state index contributed by atoms with van der Waals surface area (Å²) in [5.74, 6) is -1.80. The third-order valence-electron chi connectivity index (χ3n) is 5.17. The molecule has 3 aromatic rings. The van der Waals surface area contributed by atoms with Gasteiger partial charge in [-0.05, 0) is 60.5 Å². The number of nitrogens with one attached hydrogen (secondary N) is 1. The summed E-state index contributed by atoms with van der Waals surface area (Å²) in [7, 11) is 1.62. The van der Waals surface area contributed by atoms with Crippen LogP contribution in [-0.4, -0.2) is 28.3 Å². The van der Waals surface area contributed by atoms with Gasteiger partial charge in [-0.25, -0.2) is 8.78 Å². The molecular formula is C24H23F2N3O3. The van der Waals surface area contributed by atoms with Crippen LogP contribution in [0.1, 0.15) is 35.3 Å². The predicted molar refractivity (Wildman–Crippen MR) is 117 cm³/mol. The van der Waals surface area contributed by atoms with Crippen LogP contribution in [0.5, 0.6) is 0 Å². The van der Waals surface area contributed by atoms with Gasteiger partial charge in [0.05, 0.1) is 6.04 Å². The average molecular weight is 439 g/mol. The van der Waals surface area contributed by atoms with Crippen LogP contribution in [0.4, 0.5) is 14.5 Å². The summed E-state index contributed by atoms with van der Waals surface area (Å²) in [6.07, 6.45) is 2.03. The number of hydrogen-bond donors (Lipinski definition) is 1. The van der Waals surface area contributed by atoms with Crippen molar-refractivity contribution in [3.63, 3.8) is 0 Å². The summed E-state index contributed by atoms with van der Waals surface area (Å²) in [5, 5.41) is 2.54. The second-order valence-corrected chi connectivity index (χ2v) is 7.30. The predicted octanol–water partition coefficient (Wildman–Crippen LogP) is 3.99. The first-order valence-corrected chi connectivity index (χ1v) is 10.1. The van der Waals surface area contributed by atoms with Gasteiger partial charge in [0, 0.05) is 18.9 Å². The number of anilines is 1. The molecule has 2 amide bonds. The van der Waals surface area contributed by atoms with E-state index >= 15 is 0 Å². The molecule has 3 rings (SSSR count). The Morgan fingerprint density at radius 3 is 2.19 bits per heavy atom. The first kappa shape index (κ1) is 22.9. The van der Waals surface area contributed by atoms with E-state index in [-0.39, 0.29) is 29.9 Å². The summed E-state index contributed by atoms with van der Waals surface area (Å²) in [5.41, 5.74) is 0.359. The minimum atomic E-state index is -0.658. The van der Waals surface area contributed by atoms with Gasteiger partial charge in [-0.15, -0.1) is 0 Å². The van der Waals surface area contributed by atoms with E-state index in [4.69, 9.17) is 0 Å². The fraction of sp³-hybridized carbons (Fsp3) is 0.208. The van der Waals surface area contributed by atoms with E-state index in [9.17, 15) is 23.2 Å². The van der Waals surface area contributed by atoms with Crippen LogP contribution in [0.3, 0.4) is 0 Å². The van der Waals surface area contributed by atoms with Gasteiger partial charge >= 0.3 is 0 Å². The molecule has 1 heterocycles. The monoisotopic (exact) mass is 439 g/mol. The number of likely N-dealkylation sites (N-methyl/N-ethyl adjacent to an activating group) is 1. The molecule has 1 unspecified atom stereocenters. The Hall–Kier alpha value is -3.81. The van der Waals surface area contributed by atoms with Crippen LogP contribution < -0.4 is 10.9 Å². The van der Waals surface area contributed by atoms with Crippen molar-refractivity contribution in [2.45, 2.75) is 25.9 Å². The van der Waals surface area contributed by atoms with Crippen molar-refractivity contribution >= 4 is 17.5 Å². The van der Waals surface area contributed by atoms with Crippen LogP contribution in [0, 0.1) is 11.6 Å². The average Bonchev–Trinajstić information content (AvgIpc) is 2.78. The summed E-state index contributed by atoms with van der Waals surface area (Å²) in [4.78, 5) is 39.7. The molecule has 0 fully saturated rings. The lowest BCUT2D eigenvalue weighted by atomic mass is 10.0. The second kappa shape index (κ2) is 10.00. The molecule has 6 nitrogen and oxygen atoms in total. The van der Waals surface area contributed by atoms with Crippen molar-refractivity contribution in [3.8, 4) is 0 Å². The van der Waals surface area contributed by atoms with Crippen molar-refractivity contribution in [1.82, 2.24) is 9.47 Å². The zero-order valence-corrected chi connectivity index (χ0v) is 17.7. The highest BCUT2D eigenvalue weighted by Gasteiger charge is 2.21. The molecule has 0 spiro atoms. The van der Waals surface area contributed by atoms with E-state index in [2.05, 4.69) is 5.32 Å². The molecule has 1 aromatic heterocycles. The van der Waals surface area contributed by atoms with E-state index in [0.717, 1.165) is 10.1 Å². The van der Waals surface area contributed by atoms with Gasteiger partial charge in [0.1, 0.15) is 23.7 Å². The molecule has 0 saturated carbocycles. The van der Waals surface area contributed by atoms with Gasteiger partial charge in [0.2, 0.25) is 5.91 Å². The number of carbonyl (C=O) groups excluding carboxylic acids is 2. The Bertz CT molecular complexity index is 1160. The maximum atomic E-state index is 13.2. The molecule has 1 atom stereocenters. The molecule has 0 aliphatic rings. The van der Waals surface area contributed by atoms with Crippen LogP contribution in [-0.2, 0) is 11.3 Å². The normalized spacial score (nSPS) is 11.6. The highest BCUT2D eigenvalue weighted by molar-refractivity contribution is 6.04.